The van der Waals surface area contributed by atoms with Crippen LogP contribution in [0, 0.1) is 5.92 Å². The van der Waals surface area contributed by atoms with E-state index in [1.165, 1.54) is 12.8 Å². The van der Waals surface area contributed by atoms with Crippen molar-refractivity contribution >= 4 is 5.91 Å². The van der Waals surface area contributed by atoms with E-state index >= 15 is 0 Å². The molecule has 120 valence electrons. The van der Waals surface area contributed by atoms with Crippen LogP contribution in [0.4, 0.5) is 0 Å². The summed E-state index contributed by atoms with van der Waals surface area (Å²) in [6, 6.07) is 1.07. The molecule has 3 heterocycles. The van der Waals surface area contributed by atoms with Crippen LogP contribution < -0.4 is 5.32 Å². The third kappa shape index (κ3) is 4.41. The Labute approximate surface area is 127 Å². The van der Waals surface area contributed by atoms with E-state index in [9.17, 15) is 4.79 Å². The number of rotatable bonds is 4. The van der Waals surface area contributed by atoms with Crippen LogP contribution in [0.2, 0.25) is 0 Å². The summed E-state index contributed by atoms with van der Waals surface area (Å²) in [4.78, 5) is 14.6. The van der Waals surface area contributed by atoms with Gasteiger partial charge in [0.15, 0.2) is 0 Å². The zero-order valence-corrected chi connectivity index (χ0v) is 12.9. The van der Waals surface area contributed by atoms with Gasteiger partial charge in [-0.1, -0.05) is 0 Å². The van der Waals surface area contributed by atoms with Crippen LogP contribution in [0.15, 0.2) is 0 Å². The first kappa shape index (κ1) is 15.3. The quantitative estimate of drug-likeness (QED) is 0.846. The third-order valence-electron chi connectivity index (χ3n) is 5.10. The van der Waals surface area contributed by atoms with E-state index < -0.39 is 0 Å². The molecule has 3 fully saturated rings. The molecule has 0 bridgehead atoms. The number of carbonyl (C=O) groups is 1. The van der Waals surface area contributed by atoms with Gasteiger partial charge in [0.05, 0.1) is 0 Å². The summed E-state index contributed by atoms with van der Waals surface area (Å²) in [5.41, 5.74) is 0. The first-order chi connectivity index (χ1) is 10.3. The summed E-state index contributed by atoms with van der Waals surface area (Å²) in [6.07, 6.45) is 6.18. The van der Waals surface area contributed by atoms with Gasteiger partial charge < -0.3 is 19.7 Å². The van der Waals surface area contributed by atoms with Crippen LogP contribution in [0.25, 0.3) is 0 Å². The molecule has 0 aromatic heterocycles. The Balaban J connectivity index is 1.35. The second-order valence-electron chi connectivity index (χ2n) is 6.66. The van der Waals surface area contributed by atoms with Crippen molar-refractivity contribution in [3.8, 4) is 0 Å². The molecule has 0 aromatic rings. The molecule has 0 aromatic carbocycles. The predicted octanol–water partition coefficient (Wildman–Crippen LogP) is 1.17. The van der Waals surface area contributed by atoms with Crippen LogP contribution in [-0.4, -0.2) is 62.4 Å². The van der Waals surface area contributed by atoms with Crippen molar-refractivity contribution in [2.24, 2.45) is 5.92 Å². The zero-order chi connectivity index (χ0) is 14.5. The normalized spacial score (nSPS) is 29.6. The number of carbonyl (C=O) groups excluding carboxylic acids is 1. The smallest absolute Gasteiger partial charge is 0.220 e. The van der Waals surface area contributed by atoms with Crippen molar-refractivity contribution in [1.82, 2.24) is 10.2 Å². The van der Waals surface area contributed by atoms with E-state index in [0.29, 0.717) is 24.4 Å². The highest BCUT2D eigenvalue weighted by atomic mass is 16.5. The first-order valence-corrected chi connectivity index (χ1v) is 8.50. The molecule has 0 saturated carbocycles. The van der Waals surface area contributed by atoms with Crippen molar-refractivity contribution in [2.45, 2.75) is 50.6 Å². The molecule has 1 amide bonds. The number of hydrogen-bond donors (Lipinski definition) is 1. The van der Waals surface area contributed by atoms with E-state index in [1.807, 2.05) is 0 Å². The highest BCUT2D eigenvalue weighted by Gasteiger charge is 2.27. The van der Waals surface area contributed by atoms with Crippen molar-refractivity contribution in [1.29, 1.82) is 0 Å². The Morgan fingerprint density at radius 3 is 2.38 bits per heavy atom. The fraction of sp³-hybridized carbons (Fsp3) is 0.938. The average Bonchev–Trinajstić information content (AvgIpc) is 3.02. The van der Waals surface area contributed by atoms with Gasteiger partial charge in [-0.3, -0.25) is 4.79 Å². The van der Waals surface area contributed by atoms with Gasteiger partial charge in [-0.25, -0.2) is 0 Å². The Hall–Kier alpha value is -0.650. The molecule has 3 saturated heterocycles. The Morgan fingerprint density at radius 1 is 1.00 bits per heavy atom. The van der Waals surface area contributed by atoms with Gasteiger partial charge in [0.2, 0.25) is 5.91 Å². The zero-order valence-electron chi connectivity index (χ0n) is 12.9. The van der Waals surface area contributed by atoms with Crippen LogP contribution in [-0.2, 0) is 14.3 Å². The SMILES string of the molecule is O=C(C[C@@H]1CCOC1)NC1CCN(C2CCOCC2)CC1. The molecule has 3 rings (SSSR count). The summed E-state index contributed by atoms with van der Waals surface area (Å²) in [5.74, 6) is 0.655. The number of nitrogens with one attached hydrogen (secondary N) is 1. The lowest BCUT2D eigenvalue weighted by Gasteiger charge is -2.39. The molecule has 0 radical (unpaired) electrons. The van der Waals surface area contributed by atoms with Crippen molar-refractivity contribution < 1.29 is 14.3 Å². The van der Waals surface area contributed by atoms with Gasteiger partial charge >= 0.3 is 0 Å². The standard InChI is InChI=1S/C16H28N2O3/c19-16(11-13-3-8-21-12-13)17-14-1-6-18(7-2-14)15-4-9-20-10-5-15/h13-15H,1-12H2,(H,17,19)/t13-/m0/s1. The number of nitrogens with zero attached hydrogens (tertiary/aromatic N) is 1. The summed E-state index contributed by atoms with van der Waals surface area (Å²) in [7, 11) is 0. The van der Waals surface area contributed by atoms with Crippen molar-refractivity contribution in [2.75, 3.05) is 39.5 Å². The summed E-state index contributed by atoms with van der Waals surface area (Å²) >= 11 is 0. The molecular weight excluding hydrogens is 268 g/mol. The van der Waals surface area contributed by atoms with Crippen LogP contribution in [0.3, 0.4) is 0 Å². The lowest BCUT2D eigenvalue weighted by atomic mass is 9.99. The number of ether oxygens (including phenoxy) is 2. The second kappa shape index (κ2) is 7.56. The van der Waals surface area contributed by atoms with E-state index in [-0.39, 0.29) is 5.91 Å². The summed E-state index contributed by atoms with van der Waals surface area (Å²) < 4.78 is 10.8. The van der Waals surface area contributed by atoms with E-state index in [4.69, 9.17) is 9.47 Å². The molecule has 5 heteroatoms. The van der Waals surface area contributed by atoms with Gasteiger partial charge in [-0.15, -0.1) is 0 Å². The first-order valence-electron chi connectivity index (χ1n) is 8.50. The highest BCUT2D eigenvalue weighted by molar-refractivity contribution is 5.76. The minimum atomic E-state index is 0.218. The minimum absolute atomic E-state index is 0.218. The molecule has 21 heavy (non-hydrogen) atoms. The average molecular weight is 296 g/mol. The minimum Gasteiger partial charge on any atom is -0.381 e. The van der Waals surface area contributed by atoms with Crippen LogP contribution >= 0.6 is 0 Å². The highest BCUT2D eigenvalue weighted by Crippen LogP contribution is 2.21. The van der Waals surface area contributed by atoms with Crippen molar-refractivity contribution in [3.63, 3.8) is 0 Å². The molecule has 1 atom stereocenters. The molecule has 0 spiro atoms. The van der Waals surface area contributed by atoms with E-state index in [2.05, 4.69) is 10.2 Å². The topological polar surface area (TPSA) is 50.8 Å². The maximum absolute atomic E-state index is 12.1. The van der Waals surface area contributed by atoms with Gasteiger partial charge in [0, 0.05) is 58.0 Å². The number of piperidine rings is 1. The van der Waals surface area contributed by atoms with Gasteiger partial charge in [-0.2, -0.15) is 0 Å². The number of likely N-dealkylation sites (tertiary alicyclic amines) is 1. The van der Waals surface area contributed by atoms with Crippen LogP contribution in [0.5, 0.6) is 0 Å². The molecular formula is C16H28N2O3. The monoisotopic (exact) mass is 296 g/mol. The molecule has 1 N–H and O–H groups in total. The lowest BCUT2D eigenvalue weighted by molar-refractivity contribution is -0.123. The second-order valence-corrected chi connectivity index (χ2v) is 6.66. The molecule has 0 aliphatic carbocycles. The van der Waals surface area contributed by atoms with Gasteiger partial charge in [0.25, 0.3) is 0 Å². The molecule has 3 aliphatic rings. The number of hydrogen-bond acceptors (Lipinski definition) is 4. The van der Waals surface area contributed by atoms with Crippen molar-refractivity contribution in [3.05, 3.63) is 0 Å². The molecule has 0 unspecified atom stereocenters. The van der Waals surface area contributed by atoms with Crippen LogP contribution in [0.1, 0.15) is 38.5 Å². The number of amides is 1. The Morgan fingerprint density at radius 2 is 1.71 bits per heavy atom. The summed E-state index contributed by atoms with van der Waals surface area (Å²) in [6.45, 7) is 5.62. The maximum atomic E-state index is 12.1. The fourth-order valence-corrected chi connectivity index (χ4v) is 3.75. The third-order valence-corrected chi connectivity index (χ3v) is 5.10. The van der Waals surface area contributed by atoms with E-state index in [0.717, 1.165) is 58.8 Å². The lowest BCUT2D eigenvalue weighted by Crippen LogP contribution is -2.49. The maximum Gasteiger partial charge on any atom is 0.220 e. The molecule has 5 nitrogen and oxygen atoms in total. The largest absolute Gasteiger partial charge is 0.381 e. The fourth-order valence-electron chi connectivity index (χ4n) is 3.75. The Kier molecular flexibility index (Phi) is 5.49. The predicted molar refractivity (Wildman–Crippen MR) is 80.1 cm³/mol. The van der Waals surface area contributed by atoms with Gasteiger partial charge in [-0.05, 0) is 38.0 Å². The Bertz CT molecular complexity index is 330. The van der Waals surface area contributed by atoms with E-state index in [1.54, 1.807) is 0 Å². The summed E-state index contributed by atoms with van der Waals surface area (Å²) in [5, 5.41) is 3.22. The van der Waals surface area contributed by atoms with Gasteiger partial charge in [0.1, 0.15) is 0 Å². The molecule has 3 aliphatic heterocycles.